The van der Waals surface area contributed by atoms with E-state index in [1.165, 1.54) is 12.8 Å². The molecule has 0 bridgehead atoms. The van der Waals surface area contributed by atoms with E-state index < -0.39 is 0 Å². The Bertz CT molecular complexity index is 206. The van der Waals surface area contributed by atoms with Gasteiger partial charge in [0.1, 0.15) is 0 Å². The lowest BCUT2D eigenvalue weighted by Gasteiger charge is -2.42. The van der Waals surface area contributed by atoms with Crippen LogP contribution in [0.2, 0.25) is 0 Å². The summed E-state index contributed by atoms with van der Waals surface area (Å²) < 4.78 is 5.91. The first-order chi connectivity index (χ1) is 7.46. The van der Waals surface area contributed by atoms with Gasteiger partial charge in [-0.3, -0.25) is 4.90 Å². The Morgan fingerprint density at radius 1 is 1.50 bits per heavy atom. The second kappa shape index (κ2) is 5.99. The summed E-state index contributed by atoms with van der Waals surface area (Å²) in [4.78, 5) is 2.52. The maximum Gasteiger partial charge on any atom is 0.0757 e. The number of nitrogens with two attached hydrogens (primary N) is 1. The van der Waals surface area contributed by atoms with Gasteiger partial charge in [0, 0.05) is 19.6 Å². The van der Waals surface area contributed by atoms with Gasteiger partial charge in [-0.05, 0) is 39.7 Å². The zero-order valence-electron chi connectivity index (χ0n) is 11.3. The van der Waals surface area contributed by atoms with Gasteiger partial charge in [0.05, 0.1) is 11.7 Å². The Labute approximate surface area is 100 Å². The van der Waals surface area contributed by atoms with Crippen LogP contribution in [0.15, 0.2) is 0 Å². The summed E-state index contributed by atoms with van der Waals surface area (Å²) in [5, 5.41) is 0. The maximum absolute atomic E-state index is 5.91. The van der Waals surface area contributed by atoms with Crippen LogP contribution in [0.3, 0.4) is 0 Å². The van der Waals surface area contributed by atoms with Crippen LogP contribution in [0.5, 0.6) is 0 Å². The molecule has 1 heterocycles. The molecule has 0 saturated carbocycles. The smallest absolute Gasteiger partial charge is 0.0757 e. The molecule has 1 rings (SSSR count). The first kappa shape index (κ1) is 13.9. The third-order valence-corrected chi connectivity index (χ3v) is 3.19. The van der Waals surface area contributed by atoms with Crippen LogP contribution in [0.4, 0.5) is 0 Å². The summed E-state index contributed by atoms with van der Waals surface area (Å²) >= 11 is 0. The summed E-state index contributed by atoms with van der Waals surface area (Å²) in [5.74, 6) is 0.645. The molecule has 2 N–H and O–H groups in total. The highest BCUT2D eigenvalue weighted by atomic mass is 16.5. The van der Waals surface area contributed by atoms with Gasteiger partial charge in [0.2, 0.25) is 0 Å². The number of hydrogen-bond acceptors (Lipinski definition) is 3. The highest BCUT2D eigenvalue weighted by molar-refractivity contribution is 4.83. The van der Waals surface area contributed by atoms with E-state index >= 15 is 0 Å². The van der Waals surface area contributed by atoms with Crippen molar-refractivity contribution in [1.29, 1.82) is 0 Å². The van der Waals surface area contributed by atoms with E-state index in [1.807, 2.05) is 0 Å². The van der Waals surface area contributed by atoms with Crippen molar-refractivity contribution in [3.63, 3.8) is 0 Å². The standard InChI is InChI=1S/C13H28N2O/c1-5-6-12(7-14)9-15-8-11(2)16-13(3,4)10-15/h11-12H,5-10,14H2,1-4H3. The molecule has 2 atom stereocenters. The fourth-order valence-corrected chi connectivity index (χ4v) is 2.78. The number of nitrogens with zero attached hydrogens (tertiary/aromatic N) is 1. The Morgan fingerprint density at radius 3 is 2.69 bits per heavy atom. The van der Waals surface area contributed by atoms with E-state index in [2.05, 4.69) is 32.6 Å². The lowest BCUT2D eigenvalue weighted by atomic mass is 10.00. The van der Waals surface area contributed by atoms with Crippen molar-refractivity contribution in [2.24, 2.45) is 11.7 Å². The SMILES string of the molecule is CCCC(CN)CN1CC(C)OC(C)(C)C1. The second-order valence-corrected chi connectivity index (χ2v) is 5.77. The molecule has 1 aliphatic rings. The average Bonchev–Trinajstić information content (AvgIpc) is 2.13. The van der Waals surface area contributed by atoms with E-state index in [0.717, 1.165) is 26.2 Å². The van der Waals surface area contributed by atoms with Gasteiger partial charge in [-0.2, -0.15) is 0 Å². The van der Waals surface area contributed by atoms with E-state index in [4.69, 9.17) is 10.5 Å². The first-order valence-electron chi connectivity index (χ1n) is 6.57. The predicted octanol–water partition coefficient (Wildman–Crippen LogP) is 1.86. The van der Waals surface area contributed by atoms with Crippen molar-refractivity contribution >= 4 is 0 Å². The molecule has 96 valence electrons. The highest BCUT2D eigenvalue weighted by Crippen LogP contribution is 2.22. The zero-order valence-corrected chi connectivity index (χ0v) is 11.3. The van der Waals surface area contributed by atoms with Crippen LogP contribution in [-0.4, -0.2) is 42.8 Å². The monoisotopic (exact) mass is 228 g/mol. The molecule has 0 aliphatic carbocycles. The van der Waals surface area contributed by atoms with Gasteiger partial charge >= 0.3 is 0 Å². The van der Waals surface area contributed by atoms with Gasteiger partial charge in [0.15, 0.2) is 0 Å². The molecule has 16 heavy (non-hydrogen) atoms. The molecular weight excluding hydrogens is 200 g/mol. The minimum Gasteiger partial charge on any atom is -0.370 e. The zero-order chi connectivity index (χ0) is 12.2. The fraction of sp³-hybridized carbons (Fsp3) is 1.00. The third-order valence-electron chi connectivity index (χ3n) is 3.19. The topological polar surface area (TPSA) is 38.5 Å². The van der Waals surface area contributed by atoms with Crippen LogP contribution in [-0.2, 0) is 4.74 Å². The molecule has 3 nitrogen and oxygen atoms in total. The van der Waals surface area contributed by atoms with Gasteiger partial charge in [-0.25, -0.2) is 0 Å². The van der Waals surface area contributed by atoms with Gasteiger partial charge in [-0.15, -0.1) is 0 Å². The lowest BCUT2D eigenvalue weighted by molar-refractivity contribution is -0.131. The molecule has 0 aromatic carbocycles. The van der Waals surface area contributed by atoms with Crippen molar-refractivity contribution in [2.45, 2.75) is 52.2 Å². The van der Waals surface area contributed by atoms with Gasteiger partial charge in [0.25, 0.3) is 0 Å². The lowest BCUT2D eigenvalue weighted by Crippen LogP contribution is -2.53. The molecule has 0 radical (unpaired) electrons. The van der Waals surface area contributed by atoms with Crippen molar-refractivity contribution in [2.75, 3.05) is 26.2 Å². The van der Waals surface area contributed by atoms with Crippen LogP contribution in [0, 0.1) is 5.92 Å². The number of hydrogen-bond donors (Lipinski definition) is 1. The Kier molecular flexibility index (Phi) is 5.22. The van der Waals surface area contributed by atoms with Crippen molar-refractivity contribution in [3.8, 4) is 0 Å². The highest BCUT2D eigenvalue weighted by Gasteiger charge is 2.31. The van der Waals surface area contributed by atoms with E-state index in [-0.39, 0.29) is 5.60 Å². The number of rotatable bonds is 5. The van der Waals surface area contributed by atoms with Crippen LogP contribution < -0.4 is 5.73 Å². The van der Waals surface area contributed by atoms with Crippen LogP contribution in [0.25, 0.3) is 0 Å². The Balaban J connectivity index is 2.46. The minimum absolute atomic E-state index is 0.0109. The molecule has 0 amide bonds. The van der Waals surface area contributed by atoms with Crippen LogP contribution in [0.1, 0.15) is 40.5 Å². The van der Waals surface area contributed by atoms with E-state index in [0.29, 0.717) is 12.0 Å². The second-order valence-electron chi connectivity index (χ2n) is 5.77. The summed E-state index contributed by atoms with van der Waals surface area (Å²) in [6.07, 6.45) is 2.80. The molecule has 0 aromatic heterocycles. The van der Waals surface area contributed by atoms with Crippen molar-refractivity contribution < 1.29 is 4.74 Å². The summed E-state index contributed by atoms with van der Waals surface area (Å²) in [6, 6.07) is 0. The van der Waals surface area contributed by atoms with Gasteiger partial charge in [-0.1, -0.05) is 13.3 Å². The van der Waals surface area contributed by atoms with Crippen molar-refractivity contribution in [1.82, 2.24) is 4.90 Å². The van der Waals surface area contributed by atoms with E-state index in [1.54, 1.807) is 0 Å². The van der Waals surface area contributed by atoms with Gasteiger partial charge < -0.3 is 10.5 Å². The molecule has 0 spiro atoms. The van der Waals surface area contributed by atoms with Crippen molar-refractivity contribution in [3.05, 3.63) is 0 Å². The molecule has 1 aliphatic heterocycles. The quantitative estimate of drug-likeness (QED) is 0.780. The fourth-order valence-electron chi connectivity index (χ4n) is 2.78. The molecule has 1 saturated heterocycles. The van der Waals surface area contributed by atoms with E-state index in [9.17, 15) is 0 Å². The average molecular weight is 228 g/mol. The number of morpholine rings is 1. The summed E-state index contributed by atoms with van der Waals surface area (Å²) in [6.45, 7) is 12.7. The Hall–Kier alpha value is -0.120. The summed E-state index contributed by atoms with van der Waals surface area (Å²) in [7, 11) is 0. The minimum atomic E-state index is -0.0109. The third kappa shape index (κ3) is 4.40. The maximum atomic E-state index is 5.91. The molecule has 0 aromatic rings. The van der Waals surface area contributed by atoms with Crippen LogP contribution >= 0.6 is 0 Å². The first-order valence-corrected chi connectivity index (χ1v) is 6.57. The predicted molar refractivity (Wildman–Crippen MR) is 68.5 cm³/mol. The molecule has 1 fully saturated rings. The summed E-state index contributed by atoms with van der Waals surface area (Å²) in [5.41, 5.74) is 5.81. The molecule has 3 heteroatoms. The molecule has 2 unspecified atom stereocenters. The Morgan fingerprint density at radius 2 is 2.19 bits per heavy atom. The number of ether oxygens (including phenoxy) is 1. The normalized spacial score (nSPS) is 27.9. The molecular formula is C13H28N2O. The largest absolute Gasteiger partial charge is 0.370 e.